The van der Waals surface area contributed by atoms with E-state index in [-0.39, 0.29) is 23.0 Å². The summed E-state index contributed by atoms with van der Waals surface area (Å²) in [4.78, 5) is 0. The molecule has 0 radical (unpaired) electrons. The Morgan fingerprint density at radius 2 is 1.95 bits per heavy atom. The van der Waals surface area contributed by atoms with Crippen LogP contribution in [0.2, 0.25) is 0 Å². The van der Waals surface area contributed by atoms with Crippen LogP contribution >= 0.6 is 0 Å². The van der Waals surface area contributed by atoms with E-state index in [1.165, 1.54) is 30.3 Å². The van der Waals surface area contributed by atoms with Gasteiger partial charge in [0.2, 0.25) is 0 Å². The lowest BCUT2D eigenvalue weighted by atomic mass is 10.1. The number of nitrogens with zero attached hydrogens (tertiary/aromatic N) is 1. The van der Waals surface area contributed by atoms with Gasteiger partial charge >= 0.3 is 0 Å². The summed E-state index contributed by atoms with van der Waals surface area (Å²) in [6.07, 6.45) is 0. The molecule has 2 rings (SSSR count). The van der Waals surface area contributed by atoms with E-state index in [0.717, 1.165) is 6.07 Å². The highest BCUT2D eigenvalue weighted by Crippen LogP contribution is 2.27. The van der Waals surface area contributed by atoms with Crippen molar-refractivity contribution in [3.8, 4) is 11.5 Å². The van der Waals surface area contributed by atoms with E-state index in [1.54, 1.807) is 6.92 Å². The summed E-state index contributed by atoms with van der Waals surface area (Å²) in [7, 11) is 0. The van der Waals surface area contributed by atoms with Gasteiger partial charge in [-0.15, -0.1) is 0 Å². The molecule has 6 heteroatoms. The number of oxime groups is 1. The minimum Gasteiger partial charge on any atom is -0.457 e. The normalized spacial score (nSPS) is 11.4. The molecule has 0 atom stereocenters. The van der Waals surface area contributed by atoms with Crippen LogP contribution in [0.3, 0.4) is 0 Å². The molecule has 104 valence electrons. The largest absolute Gasteiger partial charge is 0.457 e. The van der Waals surface area contributed by atoms with Crippen molar-refractivity contribution >= 4 is 5.84 Å². The number of aryl methyl sites for hydroxylation is 1. The summed E-state index contributed by atoms with van der Waals surface area (Å²) < 4.78 is 31.9. The van der Waals surface area contributed by atoms with Gasteiger partial charge in [0, 0.05) is 0 Å². The predicted molar refractivity (Wildman–Crippen MR) is 70.1 cm³/mol. The van der Waals surface area contributed by atoms with Gasteiger partial charge in [-0.1, -0.05) is 5.16 Å². The second-order valence-electron chi connectivity index (χ2n) is 4.14. The third-order valence-electron chi connectivity index (χ3n) is 2.68. The quantitative estimate of drug-likeness (QED) is 0.392. The molecule has 4 nitrogen and oxygen atoms in total. The van der Waals surface area contributed by atoms with Crippen molar-refractivity contribution in [3.63, 3.8) is 0 Å². The highest BCUT2D eigenvalue weighted by atomic mass is 19.1. The van der Waals surface area contributed by atoms with Crippen molar-refractivity contribution in [2.45, 2.75) is 6.92 Å². The predicted octanol–water partition coefficient (Wildman–Crippen LogP) is 3.16. The molecular formula is C14H12F2N2O2. The molecule has 20 heavy (non-hydrogen) atoms. The van der Waals surface area contributed by atoms with Gasteiger partial charge in [0.05, 0.1) is 5.56 Å². The molecule has 3 N–H and O–H groups in total. The molecule has 0 saturated carbocycles. The van der Waals surface area contributed by atoms with Crippen LogP contribution in [0.5, 0.6) is 11.5 Å². The fourth-order valence-electron chi connectivity index (χ4n) is 1.65. The van der Waals surface area contributed by atoms with E-state index in [1.807, 2.05) is 0 Å². The Hall–Kier alpha value is -2.63. The summed E-state index contributed by atoms with van der Waals surface area (Å²) in [6.45, 7) is 1.59. The van der Waals surface area contributed by atoms with Crippen LogP contribution in [0.1, 0.15) is 11.1 Å². The van der Waals surface area contributed by atoms with Crippen LogP contribution in [0, 0.1) is 18.6 Å². The molecule has 0 spiro atoms. The number of rotatable bonds is 3. The molecule has 0 aromatic heterocycles. The summed E-state index contributed by atoms with van der Waals surface area (Å²) in [5, 5.41) is 11.5. The number of hydrogen-bond acceptors (Lipinski definition) is 3. The molecule has 2 aromatic carbocycles. The van der Waals surface area contributed by atoms with E-state index < -0.39 is 5.82 Å². The van der Waals surface area contributed by atoms with Gasteiger partial charge in [0.1, 0.15) is 23.1 Å². The van der Waals surface area contributed by atoms with Gasteiger partial charge in [0.15, 0.2) is 5.84 Å². The number of hydrogen-bond donors (Lipinski definition) is 2. The third kappa shape index (κ3) is 2.85. The second kappa shape index (κ2) is 5.56. The van der Waals surface area contributed by atoms with Crippen molar-refractivity contribution < 1.29 is 18.7 Å². The van der Waals surface area contributed by atoms with Crippen LogP contribution in [-0.4, -0.2) is 11.0 Å². The van der Waals surface area contributed by atoms with E-state index >= 15 is 0 Å². The molecule has 0 aliphatic rings. The molecule has 0 aliphatic heterocycles. The van der Waals surface area contributed by atoms with Crippen molar-refractivity contribution in [3.05, 3.63) is 59.2 Å². The van der Waals surface area contributed by atoms with Crippen molar-refractivity contribution in [1.29, 1.82) is 0 Å². The zero-order valence-electron chi connectivity index (χ0n) is 10.6. The number of benzene rings is 2. The van der Waals surface area contributed by atoms with Crippen LogP contribution in [-0.2, 0) is 0 Å². The van der Waals surface area contributed by atoms with Crippen LogP contribution in [0.4, 0.5) is 8.78 Å². The maximum atomic E-state index is 13.2. The lowest BCUT2D eigenvalue weighted by Crippen LogP contribution is -2.14. The molecule has 0 unspecified atom stereocenters. The number of halogens is 2. The number of amidine groups is 1. The average molecular weight is 278 g/mol. The van der Waals surface area contributed by atoms with E-state index in [2.05, 4.69) is 5.16 Å². The van der Waals surface area contributed by atoms with Gasteiger partial charge in [-0.05, 0) is 48.9 Å². The highest BCUT2D eigenvalue weighted by Gasteiger charge is 2.11. The number of nitrogens with two attached hydrogens (primary N) is 1. The van der Waals surface area contributed by atoms with E-state index in [9.17, 15) is 8.78 Å². The first-order chi connectivity index (χ1) is 9.51. The Balaban J connectivity index is 2.40. The van der Waals surface area contributed by atoms with Gasteiger partial charge in [-0.2, -0.15) is 0 Å². The Morgan fingerprint density at radius 1 is 1.20 bits per heavy atom. The van der Waals surface area contributed by atoms with Gasteiger partial charge in [-0.25, -0.2) is 8.78 Å². The van der Waals surface area contributed by atoms with Gasteiger partial charge < -0.3 is 15.7 Å². The van der Waals surface area contributed by atoms with Crippen molar-refractivity contribution in [2.75, 3.05) is 0 Å². The fraction of sp³-hybridized carbons (Fsp3) is 0.0714. The van der Waals surface area contributed by atoms with Crippen LogP contribution in [0.25, 0.3) is 0 Å². The molecule has 0 amide bonds. The van der Waals surface area contributed by atoms with E-state index in [0.29, 0.717) is 11.3 Å². The first-order valence-corrected chi connectivity index (χ1v) is 5.72. The smallest absolute Gasteiger partial charge is 0.173 e. The Labute approximate surface area is 114 Å². The van der Waals surface area contributed by atoms with E-state index in [4.69, 9.17) is 15.7 Å². The Kier molecular flexibility index (Phi) is 3.84. The maximum absolute atomic E-state index is 13.2. The minimum atomic E-state index is -0.547. The zero-order valence-corrected chi connectivity index (χ0v) is 10.6. The molecule has 0 aliphatic carbocycles. The SMILES string of the molecule is Cc1cc(Oc2ccc(F)cc2/C(N)=N/O)ccc1F. The lowest BCUT2D eigenvalue weighted by molar-refractivity contribution is 0.318. The molecule has 0 heterocycles. The van der Waals surface area contributed by atoms with Crippen LogP contribution < -0.4 is 10.5 Å². The molecule has 0 bridgehead atoms. The van der Waals surface area contributed by atoms with Crippen molar-refractivity contribution in [2.24, 2.45) is 10.9 Å². The molecule has 2 aromatic rings. The van der Waals surface area contributed by atoms with Crippen LogP contribution in [0.15, 0.2) is 41.6 Å². The monoisotopic (exact) mass is 278 g/mol. The topological polar surface area (TPSA) is 67.8 Å². The number of ether oxygens (including phenoxy) is 1. The summed E-state index contributed by atoms with van der Waals surface area (Å²) in [5.41, 5.74) is 5.98. The third-order valence-corrected chi connectivity index (χ3v) is 2.68. The minimum absolute atomic E-state index is 0.106. The first-order valence-electron chi connectivity index (χ1n) is 5.72. The second-order valence-corrected chi connectivity index (χ2v) is 4.14. The zero-order chi connectivity index (χ0) is 14.7. The summed E-state index contributed by atoms with van der Waals surface area (Å²) >= 11 is 0. The summed E-state index contributed by atoms with van der Waals surface area (Å²) in [5.74, 6) is -0.615. The molecular weight excluding hydrogens is 266 g/mol. The molecule has 0 fully saturated rings. The van der Waals surface area contributed by atoms with Gasteiger partial charge in [0.25, 0.3) is 0 Å². The average Bonchev–Trinajstić information content (AvgIpc) is 2.44. The lowest BCUT2D eigenvalue weighted by Gasteiger charge is -2.11. The maximum Gasteiger partial charge on any atom is 0.173 e. The Bertz CT molecular complexity index is 672. The highest BCUT2D eigenvalue weighted by molar-refractivity contribution is 5.99. The fourth-order valence-corrected chi connectivity index (χ4v) is 1.65. The van der Waals surface area contributed by atoms with Gasteiger partial charge in [-0.3, -0.25) is 0 Å². The summed E-state index contributed by atoms with van der Waals surface area (Å²) in [6, 6.07) is 7.80. The Morgan fingerprint density at radius 3 is 2.60 bits per heavy atom. The standard InChI is InChI=1S/C14H12F2N2O2/c1-8-6-10(3-4-12(8)16)20-13-5-2-9(15)7-11(13)14(17)18-19/h2-7,19H,1H3,(H2,17,18). The van der Waals surface area contributed by atoms with Crippen molar-refractivity contribution in [1.82, 2.24) is 0 Å². The first kappa shape index (κ1) is 13.8. The molecule has 0 saturated heterocycles.